The van der Waals surface area contributed by atoms with E-state index in [0.29, 0.717) is 68.3 Å². The van der Waals surface area contributed by atoms with Gasteiger partial charge in [0.1, 0.15) is 11.4 Å². The third kappa shape index (κ3) is 4.34. The number of hydrogen-bond donors (Lipinski definition) is 1. The SMILES string of the molecule is CCCOC(=O)c1ccc(OC)c(-n2nc(CC)c3c2CC2(CCOCC2)CNC3=O)c1Cl. The van der Waals surface area contributed by atoms with E-state index in [1.54, 1.807) is 23.9 Å². The van der Waals surface area contributed by atoms with Crippen molar-refractivity contribution in [1.82, 2.24) is 15.1 Å². The molecule has 2 aliphatic heterocycles. The molecule has 4 rings (SSSR count). The van der Waals surface area contributed by atoms with Gasteiger partial charge in [-0.1, -0.05) is 25.4 Å². The summed E-state index contributed by atoms with van der Waals surface area (Å²) in [5.41, 5.74) is 2.60. The lowest BCUT2D eigenvalue weighted by molar-refractivity contribution is 0.0154. The fourth-order valence-electron chi connectivity index (χ4n) is 4.63. The Hall–Kier alpha value is -2.58. The summed E-state index contributed by atoms with van der Waals surface area (Å²) in [6.07, 6.45) is 3.61. The minimum atomic E-state index is -0.502. The van der Waals surface area contributed by atoms with E-state index < -0.39 is 5.97 Å². The fraction of sp³-hybridized carbons (Fsp3) is 0.542. The molecular formula is C24H30ClN3O5. The smallest absolute Gasteiger partial charge is 0.339 e. The van der Waals surface area contributed by atoms with Gasteiger partial charge in [-0.05, 0) is 49.7 Å². The Morgan fingerprint density at radius 3 is 2.73 bits per heavy atom. The first-order valence-electron chi connectivity index (χ1n) is 11.5. The molecule has 33 heavy (non-hydrogen) atoms. The van der Waals surface area contributed by atoms with E-state index >= 15 is 0 Å². The number of rotatable bonds is 6. The van der Waals surface area contributed by atoms with Crippen molar-refractivity contribution < 1.29 is 23.8 Å². The summed E-state index contributed by atoms with van der Waals surface area (Å²) in [4.78, 5) is 25.8. The molecule has 0 aliphatic carbocycles. The number of ether oxygens (including phenoxy) is 3. The van der Waals surface area contributed by atoms with Crippen LogP contribution in [0.1, 0.15) is 65.2 Å². The normalized spacial score (nSPS) is 17.3. The number of methoxy groups -OCH3 is 1. The zero-order valence-corrected chi connectivity index (χ0v) is 20.1. The van der Waals surface area contributed by atoms with Gasteiger partial charge in [0, 0.05) is 19.8 Å². The molecule has 1 spiro atoms. The summed E-state index contributed by atoms with van der Waals surface area (Å²) in [5, 5.41) is 8.09. The van der Waals surface area contributed by atoms with Gasteiger partial charge in [-0.2, -0.15) is 5.10 Å². The lowest BCUT2D eigenvalue weighted by Crippen LogP contribution is -2.40. The second-order valence-corrected chi connectivity index (χ2v) is 9.00. The van der Waals surface area contributed by atoms with Crippen molar-refractivity contribution in [3.05, 3.63) is 39.7 Å². The monoisotopic (exact) mass is 475 g/mol. The molecule has 2 aromatic rings. The molecule has 2 aliphatic rings. The average Bonchev–Trinajstić information content (AvgIpc) is 3.12. The van der Waals surface area contributed by atoms with Crippen LogP contribution in [0.3, 0.4) is 0 Å². The summed E-state index contributed by atoms with van der Waals surface area (Å²) < 4.78 is 18.2. The highest BCUT2D eigenvalue weighted by Crippen LogP contribution is 2.41. The highest BCUT2D eigenvalue weighted by atomic mass is 35.5. The number of fused-ring (bicyclic) bond motifs is 1. The van der Waals surface area contributed by atoms with Gasteiger partial charge in [-0.3, -0.25) is 4.79 Å². The van der Waals surface area contributed by atoms with Crippen molar-refractivity contribution in [2.24, 2.45) is 5.41 Å². The van der Waals surface area contributed by atoms with E-state index in [4.69, 9.17) is 30.9 Å². The average molecular weight is 476 g/mol. The van der Waals surface area contributed by atoms with Gasteiger partial charge in [-0.25, -0.2) is 9.48 Å². The second kappa shape index (κ2) is 9.73. The second-order valence-electron chi connectivity index (χ2n) is 8.62. The summed E-state index contributed by atoms with van der Waals surface area (Å²) in [5.74, 6) is -0.172. The Morgan fingerprint density at radius 2 is 2.06 bits per heavy atom. The number of carbonyl (C=O) groups excluding carboxylic acids is 2. The molecular weight excluding hydrogens is 446 g/mol. The molecule has 1 aromatic carbocycles. The van der Waals surface area contributed by atoms with E-state index in [1.165, 1.54) is 0 Å². The molecule has 0 saturated carbocycles. The minimum Gasteiger partial charge on any atom is -0.494 e. The zero-order valence-electron chi connectivity index (χ0n) is 19.3. The van der Waals surface area contributed by atoms with E-state index in [2.05, 4.69) is 5.32 Å². The number of halogens is 1. The summed E-state index contributed by atoms with van der Waals surface area (Å²) in [6.45, 7) is 6.09. The van der Waals surface area contributed by atoms with Crippen LogP contribution < -0.4 is 10.1 Å². The Labute approximate surface area is 198 Å². The summed E-state index contributed by atoms with van der Waals surface area (Å²) in [7, 11) is 1.54. The molecule has 3 heterocycles. The van der Waals surface area contributed by atoms with Crippen molar-refractivity contribution in [3.63, 3.8) is 0 Å². The van der Waals surface area contributed by atoms with Gasteiger partial charge in [0.25, 0.3) is 5.91 Å². The number of amides is 1. The molecule has 0 bridgehead atoms. The van der Waals surface area contributed by atoms with E-state index in [1.807, 2.05) is 13.8 Å². The van der Waals surface area contributed by atoms with E-state index in [9.17, 15) is 9.59 Å². The lowest BCUT2D eigenvalue weighted by Gasteiger charge is -2.36. The molecule has 1 saturated heterocycles. The zero-order chi connectivity index (χ0) is 23.6. The van der Waals surface area contributed by atoms with Gasteiger partial charge in [0.15, 0.2) is 0 Å². The van der Waals surface area contributed by atoms with E-state index in [0.717, 1.165) is 18.5 Å². The number of esters is 1. The lowest BCUT2D eigenvalue weighted by atomic mass is 9.76. The molecule has 1 fully saturated rings. The van der Waals surface area contributed by atoms with Crippen molar-refractivity contribution in [1.29, 1.82) is 0 Å². The van der Waals surface area contributed by atoms with Crippen molar-refractivity contribution in [2.45, 2.75) is 46.0 Å². The fourth-order valence-corrected chi connectivity index (χ4v) is 4.95. The molecule has 9 heteroatoms. The predicted octanol–water partition coefficient (Wildman–Crippen LogP) is 3.75. The molecule has 0 radical (unpaired) electrons. The standard InChI is InChI=1S/C24H30ClN3O5/c1-4-10-33-23(30)15-6-7-18(31-3)21(20(15)25)28-17-13-24(8-11-32-12-9-24)14-26-22(29)19(17)16(5-2)27-28/h6-7H,4-5,8-14H2,1-3H3,(H,26,29). The number of aromatic nitrogens is 2. The number of hydrogen-bond acceptors (Lipinski definition) is 6. The maximum atomic E-state index is 13.2. The number of benzene rings is 1. The van der Waals surface area contributed by atoms with Crippen molar-refractivity contribution >= 4 is 23.5 Å². The topological polar surface area (TPSA) is 91.7 Å². The minimum absolute atomic E-state index is 0.126. The summed E-state index contributed by atoms with van der Waals surface area (Å²) >= 11 is 6.79. The van der Waals surface area contributed by atoms with Gasteiger partial charge < -0.3 is 19.5 Å². The number of carbonyl (C=O) groups is 2. The van der Waals surface area contributed by atoms with Crippen LogP contribution in [0, 0.1) is 5.41 Å². The van der Waals surface area contributed by atoms with Crippen molar-refractivity contribution in [2.75, 3.05) is 33.5 Å². The van der Waals surface area contributed by atoms with Crippen molar-refractivity contribution in [3.8, 4) is 11.4 Å². The van der Waals surface area contributed by atoms with Crippen LogP contribution in [-0.2, 0) is 22.3 Å². The first-order valence-corrected chi connectivity index (χ1v) is 11.8. The van der Waals surface area contributed by atoms with Crippen LogP contribution in [0.4, 0.5) is 0 Å². The van der Waals surface area contributed by atoms with E-state index in [-0.39, 0.29) is 21.9 Å². The molecule has 0 unspecified atom stereocenters. The van der Waals surface area contributed by atoms with Gasteiger partial charge in [0.2, 0.25) is 0 Å². The number of aryl methyl sites for hydroxylation is 1. The Balaban J connectivity index is 1.90. The molecule has 1 N–H and O–H groups in total. The van der Waals surface area contributed by atoms with Gasteiger partial charge in [0.05, 0.1) is 41.3 Å². The first-order chi connectivity index (χ1) is 15.9. The molecule has 1 aromatic heterocycles. The van der Waals surface area contributed by atoms with Crippen LogP contribution in [0.25, 0.3) is 5.69 Å². The maximum Gasteiger partial charge on any atom is 0.339 e. The van der Waals surface area contributed by atoms with Crippen LogP contribution in [0.5, 0.6) is 5.75 Å². The van der Waals surface area contributed by atoms with Gasteiger partial charge >= 0.3 is 5.97 Å². The van der Waals surface area contributed by atoms with Gasteiger partial charge in [-0.15, -0.1) is 0 Å². The maximum absolute atomic E-state index is 13.2. The first kappa shape index (κ1) is 23.6. The largest absolute Gasteiger partial charge is 0.494 e. The quantitative estimate of drug-likeness (QED) is 0.640. The third-order valence-corrected chi connectivity index (χ3v) is 6.89. The molecule has 8 nitrogen and oxygen atoms in total. The van der Waals surface area contributed by atoms with Crippen LogP contribution in [0.15, 0.2) is 12.1 Å². The van der Waals surface area contributed by atoms with Crippen LogP contribution in [0.2, 0.25) is 5.02 Å². The highest BCUT2D eigenvalue weighted by molar-refractivity contribution is 6.35. The van der Waals surface area contributed by atoms with Crippen LogP contribution >= 0.6 is 11.6 Å². The molecule has 1 amide bonds. The molecule has 0 atom stereocenters. The highest BCUT2D eigenvalue weighted by Gasteiger charge is 2.40. The summed E-state index contributed by atoms with van der Waals surface area (Å²) in [6, 6.07) is 3.28. The Bertz CT molecular complexity index is 1060. The predicted molar refractivity (Wildman–Crippen MR) is 124 cm³/mol. The third-order valence-electron chi connectivity index (χ3n) is 6.50. The van der Waals surface area contributed by atoms with Crippen LogP contribution in [-0.4, -0.2) is 55.1 Å². The Kier molecular flexibility index (Phi) is 6.95. The number of nitrogens with zero attached hydrogens (tertiary/aromatic N) is 2. The molecule has 178 valence electrons. The Morgan fingerprint density at radius 1 is 1.30 bits per heavy atom. The number of nitrogens with one attached hydrogen (secondary N) is 1.